The summed E-state index contributed by atoms with van der Waals surface area (Å²) in [6.45, 7) is 6.47. The van der Waals surface area contributed by atoms with Gasteiger partial charge in [0.1, 0.15) is 5.60 Å². The van der Waals surface area contributed by atoms with E-state index in [1.165, 1.54) is 14.0 Å². The van der Waals surface area contributed by atoms with E-state index in [1.54, 1.807) is 24.3 Å². The minimum Gasteiger partial charge on any atom is -0.465 e. The number of methoxy groups -OCH3 is 1. The first-order valence-corrected chi connectivity index (χ1v) is 17.5. The smallest absolute Gasteiger partial charge is 0.456 e. The summed E-state index contributed by atoms with van der Waals surface area (Å²) in [4.78, 5) is 11.9. The molecule has 0 aromatic heterocycles. The first-order valence-electron chi connectivity index (χ1n) is 17.5. The Bertz CT molecular complexity index is 1670. The van der Waals surface area contributed by atoms with Crippen molar-refractivity contribution < 1.29 is 51.2 Å². The van der Waals surface area contributed by atoms with Crippen molar-refractivity contribution >= 4 is 5.97 Å². The van der Waals surface area contributed by atoms with Crippen molar-refractivity contribution in [1.82, 2.24) is 0 Å². The lowest BCUT2D eigenvalue weighted by molar-refractivity contribution is -0.362. The van der Waals surface area contributed by atoms with Gasteiger partial charge in [0.2, 0.25) is 0 Å². The van der Waals surface area contributed by atoms with E-state index in [0.717, 1.165) is 22.3 Å². The summed E-state index contributed by atoms with van der Waals surface area (Å²) in [5.41, 5.74) is -2.06. The van der Waals surface area contributed by atoms with Crippen molar-refractivity contribution in [2.75, 3.05) is 20.3 Å². The fraction of sp³-hybridized carbons (Fsp3) is 0.615. The third kappa shape index (κ3) is 5.27. The molecule has 1 saturated heterocycles. The zero-order chi connectivity index (χ0) is 36.1. The molecule has 7 rings (SSSR count). The van der Waals surface area contributed by atoms with Crippen molar-refractivity contribution in [3.05, 3.63) is 70.8 Å². The normalized spacial score (nSPS) is 34.9. The summed E-state index contributed by atoms with van der Waals surface area (Å²) in [7, 11) is 1.30. The lowest BCUT2D eigenvalue weighted by Gasteiger charge is -2.59. The predicted molar refractivity (Wildman–Crippen MR) is 174 cm³/mol. The van der Waals surface area contributed by atoms with E-state index in [0.29, 0.717) is 50.0 Å². The Hall–Kier alpha value is -2.86. The molecule has 0 bridgehead atoms. The predicted octanol–water partition coefficient (Wildman–Crippen LogP) is 8.36. The summed E-state index contributed by atoms with van der Waals surface area (Å²) in [6.07, 6.45) is -4.88. The Morgan fingerprint density at radius 1 is 0.860 bits per heavy atom. The summed E-state index contributed by atoms with van der Waals surface area (Å²) < 4.78 is 90.2. The monoisotopic (exact) mass is 704 g/mol. The molecule has 2 aromatic carbocycles. The van der Waals surface area contributed by atoms with Gasteiger partial charge in [-0.2, -0.15) is 22.0 Å². The van der Waals surface area contributed by atoms with Gasteiger partial charge in [0, 0.05) is 29.6 Å². The molecule has 4 fully saturated rings. The van der Waals surface area contributed by atoms with Crippen LogP contribution in [0.2, 0.25) is 0 Å². The molecule has 6 nitrogen and oxygen atoms in total. The summed E-state index contributed by atoms with van der Waals surface area (Å²) >= 11 is 0. The van der Waals surface area contributed by atoms with Gasteiger partial charge in [0.15, 0.2) is 5.79 Å². The number of esters is 1. The van der Waals surface area contributed by atoms with Crippen LogP contribution in [0.1, 0.15) is 94.0 Å². The van der Waals surface area contributed by atoms with Crippen LogP contribution in [0.3, 0.4) is 0 Å². The second-order valence-electron chi connectivity index (χ2n) is 16.4. The number of fused-ring (bicyclic) bond motifs is 4. The Morgan fingerprint density at radius 3 is 2.04 bits per heavy atom. The highest BCUT2D eigenvalue weighted by Gasteiger charge is 2.79. The first kappa shape index (κ1) is 35.5. The topological polar surface area (TPSA) is 85.2 Å². The number of carbonyl (C=O) groups is 1. The summed E-state index contributed by atoms with van der Waals surface area (Å²) in [5.74, 6) is -8.36. The van der Waals surface area contributed by atoms with Crippen LogP contribution in [0.5, 0.6) is 0 Å². The standard InChI is InChI=1S/C39H45F5O6/c1-33(2)21-49-36(50-22-33)17-14-30-31-27(13-16-35(30,46)20-36)29-15-18-37(47,38(40,41)39(42,43)44)34(29,3)19-28(31)25-9-5-23(6-10-25)24-7-11-26(12-8-24)32(45)48-4/h5-12,27-29,46-47H,13-22H2,1-4H3/t27-,28?,29-,34-,35+,37-/m0/s1. The number of hydrogen-bond acceptors (Lipinski definition) is 6. The van der Waals surface area contributed by atoms with Gasteiger partial charge in [0.25, 0.3) is 0 Å². The molecule has 1 aliphatic heterocycles. The van der Waals surface area contributed by atoms with Crippen LogP contribution in [0.25, 0.3) is 11.1 Å². The van der Waals surface area contributed by atoms with Crippen LogP contribution in [-0.2, 0) is 14.2 Å². The molecular weight excluding hydrogens is 659 g/mol. The molecule has 6 atom stereocenters. The Morgan fingerprint density at radius 2 is 1.46 bits per heavy atom. The van der Waals surface area contributed by atoms with Gasteiger partial charge >= 0.3 is 18.1 Å². The molecule has 2 aromatic rings. The quantitative estimate of drug-likeness (QED) is 0.189. The van der Waals surface area contributed by atoms with E-state index >= 15 is 8.78 Å². The minimum absolute atomic E-state index is 0.0248. The summed E-state index contributed by atoms with van der Waals surface area (Å²) in [5, 5.41) is 24.0. The third-order valence-electron chi connectivity index (χ3n) is 12.8. The van der Waals surface area contributed by atoms with E-state index in [2.05, 4.69) is 0 Å². The molecule has 4 aliphatic carbocycles. The highest BCUT2D eigenvalue weighted by atomic mass is 19.4. The molecule has 3 saturated carbocycles. The van der Waals surface area contributed by atoms with Gasteiger partial charge in [-0.1, -0.05) is 62.7 Å². The van der Waals surface area contributed by atoms with Crippen molar-refractivity contribution in [2.45, 2.75) is 107 Å². The van der Waals surface area contributed by atoms with Crippen LogP contribution < -0.4 is 0 Å². The number of alkyl halides is 5. The molecule has 2 N–H and O–H groups in total. The van der Waals surface area contributed by atoms with E-state index in [9.17, 15) is 28.2 Å². The van der Waals surface area contributed by atoms with E-state index in [1.807, 2.05) is 38.1 Å². The number of carbonyl (C=O) groups excluding carboxylic acids is 1. The lowest BCUT2D eigenvalue weighted by Crippen LogP contribution is -2.65. The minimum atomic E-state index is -5.92. The van der Waals surface area contributed by atoms with Gasteiger partial charge in [-0.25, -0.2) is 4.79 Å². The van der Waals surface area contributed by atoms with Crippen molar-refractivity contribution in [3.8, 4) is 11.1 Å². The SMILES string of the molecule is COC(=O)c1ccc(-c2ccc(C3C[C@@]4(C)[C@@H](CC[C@@]4(O)C(F)(F)C(F)(F)F)[C@@H]4CC[C@@]5(O)CC6(CCC5=C34)OCC(C)(C)CO6)cc2)cc1. The van der Waals surface area contributed by atoms with E-state index < -0.39 is 58.7 Å². The largest absolute Gasteiger partial charge is 0.465 e. The molecule has 11 heteroatoms. The van der Waals surface area contributed by atoms with Crippen LogP contribution in [0.4, 0.5) is 22.0 Å². The Labute approximate surface area is 289 Å². The second-order valence-corrected chi connectivity index (χ2v) is 16.4. The fourth-order valence-electron chi connectivity index (χ4n) is 10.1. The van der Waals surface area contributed by atoms with Crippen LogP contribution in [-0.4, -0.2) is 65.6 Å². The number of rotatable bonds is 4. The maximum atomic E-state index is 15.4. The molecule has 0 radical (unpaired) electrons. The maximum Gasteiger partial charge on any atom is 0.456 e. The lowest BCUT2D eigenvalue weighted by atomic mass is 9.49. The number of allylic oxidation sites excluding steroid dienone is 1. The molecule has 272 valence electrons. The maximum absolute atomic E-state index is 15.4. The van der Waals surface area contributed by atoms with Crippen molar-refractivity contribution in [2.24, 2.45) is 22.7 Å². The van der Waals surface area contributed by atoms with Crippen molar-refractivity contribution in [3.63, 3.8) is 0 Å². The van der Waals surface area contributed by atoms with E-state index in [-0.39, 0.29) is 30.6 Å². The summed E-state index contributed by atoms with van der Waals surface area (Å²) in [6, 6.07) is 14.3. The van der Waals surface area contributed by atoms with Crippen LogP contribution in [0.15, 0.2) is 59.7 Å². The number of halogens is 5. The average molecular weight is 705 g/mol. The van der Waals surface area contributed by atoms with Gasteiger partial charge < -0.3 is 24.4 Å². The molecule has 1 unspecified atom stereocenters. The molecule has 50 heavy (non-hydrogen) atoms. The van der Waals surface area contributed by atoms with Crippen molar-refractivity contribution in [1.29, 1.82) is 0 Å². The average Bonchev–Trinajstić information content (AvgIpc) is 3.36. The zero-order valence-electron chi connectivity index (χ0n) is 28.8. The number of ether oxygens (including phenoxy) is 3. The highest BCUT2D eigenvalue weighted by molar-refractivity contribution is 5.90. The zero-order valence-corrected chi connectivity index (χ0v) is 28.8. The van der Waals surface area contributed by atoms with Crippen LogP contribution in [0, 0.1) is 22.7 Å². The fourth-order valence-corrected chi connectivity index (χ4v) is 10.1. The second kappa shape index (κ2) is 11.6. The van der Waals surface area contributed by atoms with Gasteiger partial charge in [-0.05, 0) is 84.8 Å². The molecule has 1 heterocycles. The molecule has 1 spiro atoms. The molecular formula is C39H45F5O6. The van der Waals surface area contributed by atoms with Gasteiger partial charge in [-0.15, -0.1) is 0 Å². The Kier molecular flexibility index (Phi) is 8.22. The first-order chi connectivity index (χ1) is 23.3. The highest BCUT2D eigenvalue weighted by Crippen LogP contribution is 2.71. The third-order valence-corrected chi connectivity index (χ3v) is 12.8. The number of benzene rings is 2. The van der Waals surface area contributed by atoms with Gasteiger partial charge in [-0.3, -0.25) is 0 Å². The molecule has 0 amide bonds. The van der Waals surface area contributed by atoms with Crippen LogP contribution >= 0.6 is 0 Å². The molecule has 5 aliphatic rings. The number of hydrogen-bond donors (Lipinski definition) is 2. The van der Waals surface area contributed by atoms with E-state index in [4.69, 9.17) is 14.2 Å². The van der Waals surface area contributed by atoms with Gasteiger partial charge in [0.05, 0.1) is 31.5 Å². The Balaban J connectivity index is 1.30. The number of aliphatic hydroxyl groups is 2.